The first-order chi connectivity index (χ1) is 8.41. The van der Waals surface area contributed by atoms with E-state index in [-0.39, 0.29) is 11.7 Å². The van der Waals surface area contributed by atoms with Crippen molar-refractivity contribution in [3.63, 3.8) is 0 Å². The number of halogens is 1. The van der Waals surface area contributed by atoms with Gasteiger partial charge in [-0.1, -0.05) is 13.8 Å². The van der Waals surface area contributed by atoms with Crippen LogP contribution in [0.1, 0.15) is 25.6 Å². The van der Waals surface area contributed by atoms with Crippen LogP contribution in [0.4, 0.5) is 4.39 Å². The van der Waals surface area contributed by atoms with E-state index in [1.807, 2.05) is 6.92 Å². The number of imidazole rings is 1. The highest BCUT2D eigenvalue weighted by Crippen LogP contribution is 2.26. The van der Waals surface area contributed by atoms with E-state index >= 15 is 0 Å². The van der Waals surface area contributed by atoms with Crippen LogP contribution in [0.5, 0.6) is 0 Å². The quantitative estimate of drug-likeness (QED) is 0.910. The fourth-order valence-electron chi connectivity index (χ4n) is 2.03. The molecule has 2 aromatic rings. The molecule has 2 unspecified atom stereocenters. The number of hydrogen-bond acceptors (Lipinski definition) is 2. The van der Waals surface area contributed by atoms with Gasteiger partial charge in [0.25, 0.3) is 0 Å². The minimum atomic E-state index is -0.860. The maximum absolute atomic E-state index is 13.2. The van der Waals surface area contributed by atoms with Gasteiger partial charge in [-0.05, 0) is 18.2 Å². The molecule has 2 rings (SSSR count). The van der Waals surface area contributed by atoms with Crippen LogP contribution in [0.3, 0.4) is 0 Å². The van der Waals surface area contributed by atoms with Crippen LogP contribution in [0.25, 0.3) is 11.0 Å². The fraction of sp³-hybridized carbons (Fsp3) is 0.385. The third-order valence-electron chi connectivity index (χ3n) is 3.42. The predicted octanol–water partition coefficient (Wildman–Crippen LogP) is 2.54. The highest BCUT2D eigenvalue weighted by molar-refractivity contribution is 5.76. The molecule has 0 saturated carbocycles. The van der Waals surface area contributed by atoms with E-state index in [9.17, 15) is 9.18 Å². The zero-order chi connectivity index (χ0) is 13.4. The molecular weight excluding hydrogens is 235 g/mol. The molecule has 1 aromatic heterocycles. The first kappa shape index (κ1) is 12.5. The molecule has 0 amide bonds. The Morgan fingerprint density at radius 1 is 1.44 bits per heavy atom. The van der Waals surface area contributed by atoms with Crippen LogP contribution in [-0.4, -0.2) is 20.6 Å². The molecule has 18 heavy (non-hydrogen) atoms. The Labute approximate surface area is 104 Å². The number of hydrogen-bond donors (Lipinski definition) is 1. The second kappa shape index (κ2) is 4.40. The molecule has 0 aliphatic heterocycles. The summed E-state index contributed by atoms with van der Waals surface area (Å²) in [4.78, 5) is 15.4. The second-order valence-corrected chi connectivity index (χ2v) is 4.58. The van der Waals surface area contributed by atoms with Crippen molar-refractivity contribution < 1.29 is 14.3 Å². The highest BCUT2D eigenvalue weighted by Gasteiger charge is 2.25. The number of aromatic nitrogens is 2. The highest BCUT2D eigenvalue weighted by atomic mass is 19.1. The average Bonchev–Trinajstić information content (AvgIpc) is 2.65. The first-order valence-electron chi connectivity index (χ1n) is 5.76. The minimum absolute atomic E-state index is 0.233. The van der Waals surface area contributed by atoms with Gasteiger partial charge in [0.15, 0.2) is 0 Å². The summed E-state index contributed by atoms with van der Waals surface area (Å²) in [7, 11) is 1.77. The van der Waals surface area contributed by atoms with Gasteiger partial charge in [0.1, 0.15) is 11.6 Å². The van der Waals surface area contributed by atoms with Crippen molar-refractivity contribution in [1.82, 2.24) is 9.55 Å². The van der Waals surface area contributed by atoms with Crippen molar-refractivity contribution >= 4 is 17.0 Å². The van der Waals surface area contributed by atoms with Gasteiger partial charge in [0.05, 0.1) is 17.0 Å². The zero-order valence-corrected chi connectivity index (χ0v) is 10.5. The van der Waals surface area contributed by atoms with Crippen LogP contribution < -0.4 is 0 Å². The van der Waals surface area contributed by atoms with Crippen molar-refractivity contribution in [2.24, 2.45) is 13.0 Å². The minimum Gasteiger partial charge on any atom is -0.481 e. The van der Waals surface area contributed by atoms with Crippen LogP contribution in [0.2, 0.25) is 0 Å². The van der Waals surface area contributed by atoms with Crippen molar-refractivity contribution in [1.29, 1.82) is 0 Å². The SMILES string of the molecule is CC(C(=O)O)C(C)c1nc2ccc(F)cc2n1C. The lowest BCUT2D eigenvalue weighted by atomic mass is 9.95. The van der Waals surface area contributed by atoms with Crippen molar-refractivity contribution in [2.75, 3.05) is 0 Å². The molecule has 0 aliphatic rings. The van der Waals surface area contributed by atoms with E-state index in [4.69, 9.17) is 5.11 Å². The molecule has 0 spiro atoms. The molecule has 2 atom stereocenters. The molecular formula is C13H15FN2O2. The number of carboxylic acids is 1. The summed E-state index contributed by atoms with van der Waals surface area (Å²) >= 11 is 0. The molecule has 4 nitrogen and oxygen atoms in total. The molecule has 5 heteroatoms. The Morgan fingerprint density at radius 3 is 2.72 bits per heavy atom. The summed E-state index contributed by atoms with van der Waals surface area (Å²) in [6.45, 7) is 3.46. The lowest BCUT2D eigenvalue weighted by molar-refractivity contribution is -0.141. The summed E-state index contributed by atoms with van der Waals surface area (Å²) in [5.74, 6) is -1.30. The number of benzene rings is 1. The largest absolute Gasteiger partial charge is 0.481 e. The summed E-state index contributed by atoms with van der Waals surface area (Å²) in [5.41, 5.74) is 1.35. The second-order valence-electron chi connectivity index (χ2n) is 4.58. The van der Waals surface area contributed by atoms with E-state index in [0.717, 1.165) is 0 Å². The van der Waals surface area contributed by atoms with E-state index < -0.39 is 11.9 Å². The van der Waals surface area contributed by atoms with E-state index in [2.05, 4.69) is 4.98 Å². The molecule has 1 aromatic carbocycles. The number of fused-ring (bicyclic) bond motifs is 1. The summed E-state index contributed by atoms with van der Waals surface area (Å²) < 4.78 is 14.9. The Bertz CT molecular complexity index is 606. The zero-order valence-electron chi connectivity index (χ0n) is 10.5. The Morgan fingerprint density at radius 2 is 2.11 bits per heavy atom. The number of carboxylic acid groups (broad SMARTS) is 1. The number of nitrogens with zero attached hydrogens (tertiary/aromatic N) is 2. The lowest BCUT2D eigenvalue weighted by Crippen LogP contribution is -2.19. The molecule has 96 valence electrons. The molecule has 1 heterocycles. The third kappa shape index (κ3) is 1.96. The normalized spacial score (nSPS) is 14.7. The summed E-state index contributed by atoms with van der Waals surface area (Å²) in [6, 6.07) is 4.36. The van der Waals surface area contributed by atoms with Gasteiger partial charge in [-0.25, -0.2) is 9.37 Å². The van der Waals surface area contributed by atoms with Gasteiger partial charge in [-0.15, -0.1) is 0 Å². The smallest absolute Gasteiger partial charge is 0.306 e. The number of aryl methyl sites for hydroxylation is 1. The van der Waals surface area contributed by atoms with Crippen molar-refractivity contribution in [2.45, 2.75) is 19.8 Å². The summed E-state index contributed by atoms with van der Waals surface area (Å²) in [5, 5.41) is 9.03. The van der Waals surface area contributed by atoms with Gasteiger partial charge in [-0.2, -0.15) is 0 Å². The standard InChI is InChI=1S/C13H15FN2O2/c1-7(8(2)13(17)18)12-15-10-5-4-9(14)6-11(10)16(12)3/h4-8H,1-3H3,(H,17,18). The molecule has 1 N–H and O–H groups in total. The lowest BCUT2D eigenvalue weighted by Gasteiger charge is -2.15. The van der Waals surface area contributed by atoms with Gasteiger partial charge >= 0.3 is 5.97 Å². The maximum atomic E-state index is 13.2. The Balaban J connectivity index is 2.52. The van der Waals surface area contributed by atoms with Gasteiger partial charge in [0, 0.05) is 13.0 Å². The predicted molar refractivity (Wildman–Crippen MR) is 65.9 cm³/mol. The van der Waals surface area contributed by atoms with Gasteiger partial charge < -0.3 is 9.67 Å². The molecule has 0 aliphatic carbocycles. The average molecular weight is 250 g/mol. The van der Waals surface area contributed by atoms with Crippen LogP contribution in [0.15, 0.2) is 18.2 Å². The van der Waals surface area contributed by atoms with Gasteiger partial charge in [-0.3, -0.25) is 4.79 Å². The van der Waals surface area contributed by atoms with E-state index in [1.165, 1.54) is 12.1 Å². The monoisotopic (exact) mass is 250 g/mol. The Hall–Kier alpha value is -1.91. The first-order valence-corrected chi connectivity index (χ1v) is 5.76. The molecule has 0 radical (unpaired) electrons. The van der Waals surface area contributed by atoms with Gasteiger partial charge in [0.2, 0.25) is 0 Å². The number of aliphatic carboxylic acids is 1. The van der Waals surface area contributed by atoms with E-state index in [1.54, 1.807) is 24.6 Å². The molecule has 0 bridgehead atoms. The van der Waals surface area contributed by atoms with Crippen molar-refractivity contribution in [3.05, 3.63) is 29.8 Å². The van der Waals surface area contributed by atoms with E-state index in [0.29, 0.717) is 16.9 Å². The van der Waals surface area contributed by atoms with Crippen LogP contribution >= 0.6 is 0 Å². The van der Waals surface area contributed by atoms with Crippen LogP contribution in [-0.2, 0) is 11.8 Å². The third-order valence-corrected chi connectivity index (χ3v) is 3.42. The number of carbonyl (C=O) groups is 1. The van der Waals surface area contributed by atoms with Crippen LogP contribution in [0, 0.1) is 11.7 Å². The van der Waals surface area contributed by atoms with Crippen molar-refractivity contribution in [3.8, 4) is 0 Å². The topological polar surface area (TPSA) is 55.1 Å². The summed E-state index contributed by atoms with van der Waals surface area (Å²) in [6.07, 6.45) is 0. The molecule has 0 saturated heterocycles. The fourth-order valence-corrected chi connectivity index (χ4v) is 2.03. The maximum Gasteiger partial charge on any atom is 0.306 e. The Kier molecular flexibility index (Phi) is 3.07. The number of rotatable bonds is 3. The molecule has 0 fully saturated rings.